The number of piperazine rings is 1. The molecule has 28 heavy (non-hydrogen) atoms. The molecule has 3 rings (SSSR count). The lowest BCUT2D eigenvalue weighted by Gasteiger charge is -2.35. The summed E-state index contributed by atoms with van der Waals surface area (Å²) in [4.78, 5) is 30.9. The van der Waals surface area contributed by atoms with E-state index in [-0.39, 0.29) is 29.2 Å². The molecule has 1 aliphatic rings. The summed E-state index contributed by atoms with van der Waals surface area (Å²) in [5.74, 6) is 0.0546. The van der Waals surface area contributed by atoms with E-state index >= 15 is 0 Å². The summed E-state index contributed by atoms with van der Waals surface area (Å²) in [5, 5.41) is 6.68. The van der Waals surface area contributed by atoms with Gasteiger partial charge in [0.15, 0.2) is 5.82 Å². The zero-order valence-electron chi connectivity index (χ0n) is 16.4. The maximum Gasteiger partial charge on any atom is 0.247 e. The smallest absolute Gasteiger partial charge is 0.247 e. The Morgan fingerprint density at radius 1 is 1.36 bits per heavy atom. The molecule has 1 atom stereocenters. The van der Waals surface area contributed by atoms with Gasteiger partial charge in [-0.1, -0.05) is 44.1 Å². The summed E-state index contributed by atoms with van der Waals surface area (Å²) in [6.45, 7) is 6.69. The van der Waals surface area contributed by atoms with E-state index in [2.05, 4.69) is 15.5 Å². The van der Waals surface area contributed by atoms with Crippen molar-refractivity contribution in [3.8, 4) is 0 Å². The van der Waals surface area contributed by atoms with Gasteiger partial charge < -0.3 is 14.7 Å². The van der Waals surface area contributed by atoms with Gasteiger partial charge >= 0.3 is 0 Å². The van der Waals surface area contributed by atoms with Crippen molar-refractivity contribution in [3.63, 3.8) is 0 Å². The van der Waals surface area contributed by atoms with Gasteiger partial charge in [-0.05, 0) is 12.5 Å². The second kappa shape index (κ2) is 8.08. The molecule has 0 radical (unpaired) electrons. The first kappa shape index (κ1) is 20.0. The highest BCUT2D eigenvalue weighted by atomic mass is 19.1. The van der Waals surface area contributed by atoms with Crippen molar-refractivity contribution in [2.24, 2.45) is 0 Å². The van der Waals surface area contributed by atoms with Crippen LogP contribution in [0.5, 0.6) is 0 Å². The van der Waals surface area contributed by atoms with E-state index in [1.165, 1.54) is 17.0 Å². The number of hydrogen-bond donors (Lipinski definition) is 1. The third-order valence-electron chi connectivity index (χ3n) is 4.65. The van der Waals surface area contributed by atoms with Crippen LogP contribution in [0.2, 0.25) is 0 Å². The number of rotatable bonds is 5. The number of aryl methyl sites for hydroxylation is 1. The van der Waals surface area contributed by atoms with Crippen LogP contribution in [0.3, 0.4) is 0 Å². The molecule has 0 aliphatic carbocycles. The molecular weight excluding hydrogens is 363 g/mol. The largest absolute Gasteiger partial charge is 0.352 e. The third kappa shape index (κ3) is 4.37. The summed E-state index contributed by atoms with van der Waals surface area (Å²) in [5.41, 5.74) is 0.00545. The summed E-state index contributed by atoms with van der Waals surface area (Å²) >= 11 is 0. The summed E-state index contributed by atoms with van der Waals surface area (Å²) in [7, 11) is 0. The first-order valence-corrected chi connectivity index (χ1v) is 9.42. The Balaban J connectivity index is 1.64. The molecule has 1 aromatic heterocycles. The second-order valence-electron chi connectivity index (χ2n) is 7.92. The van der Waals surface area contributed by atoms with Crippen LogP contribution in [0.25, 0.3) is 0 Å². The van der Waals surface area contributed by atoms with E-state index in [0.29, 0.717) is 37.6 Å². The molecule has 1 fully saturated rings. The molecule has 2 heterocycles. The fourth-order valence-electron chi connectivity index (χ4n) is 3.14. The van der Waals surface area contributed by atoms with Gasteiger partial charge in [0.25, 0.3) is 0 Å². The van der Waals surface area contributed by atoms with Crippen LogP contribution in [-0.4, -0.2) is 39.9 Å². The predicted octanol–water partition coefficient (Wildman–Crippen LogP) is 2.53. The normalized spacial score (nSPS) is 17.5. The molecular formula is C20H25FN4O3. The van der Waals surface area contributed by atoms with Crippen LogP contribution in [0.15, 0.2) is 28.8 Å². The average molecular weight is 388 g/mol. The molecule has 1 saturated heterocycles. The predicted molar refractivity (Wildman–Crippen MR) is 99.8 cm³/mol. The summed E-state index contributed by atoms with van der Waals surface area (Å²) < 4.78 is 19.5. The molecule has 0 unspecified atom stereocenters. The number of nitrogens with zero attached hydrogens (tertiary/aromatic N) is 3. The van der Waals surface area contributed by atoms with Gasteiger partial charge in [-0.25, -0.2) is 4.39 Å². The van der Waals surface area contributed by atoms with Gasteiger partial charge in [0.1, 0.15) is 11.9 Å². The first-order chi connectivity index (χ1) is 13.3. The molecule has 2 amide bonds. The Bertz CT molecular complexity index is 859. The number of halogens is 1. The van der Waals surface area contributed by atoms with Gasteiger partial charge in [-0.15, -0.1) is 0 Å². The van der Waals surface area contributed by atoms with Gasteiger partial charge in [-0.3, -0.25) is 9.59 Å². The molecule has 150 valence electrons. The molecule has 1 aromatic carbocycles. The zero-order chi connectivity index (χ0) is 20.3. The van der Waals surface area contributed by atoms with Crippen molar-refractivity contribution in [3.05, 3.63) is 47.4 Å². The lowest BCUT2D eigenvalue weighted by molar-refractivity contribution is -0.143. The summed E-state index contributed by atoms with van der Waals surface area (Å²) in [6.07, 6.45) is 1.19. The van der Waals surface area contributed by atoms with E-state index in [1.807, 2.05) is 20.8 Å². The van der Waals surface area contributed by atoms with Gasteiger partial charge in [0.2, 0.25) is 17.7 Å². The zero-order valence-corrected chi connectivity index (χ0v) is 16.4. The summed E-state index contributed by atoms with van der Waals surface area (Å²) in [6, 6.07) is 5.10. The van der Waals surface area contributed by atoms with Gasteiger partial charge in [0, 0.05) is 36.9 Å². The molecule has 1 aliphatic heterocycles. The minimum Gasteiger partial charge on any atom is -0.352 e. The number of carbonyl (C=O) groups is 2. The van der Waals surface area contributed by atoms with E-state index in [9.17, 15) is 14.0 Å². The lowest BCUT2D eigenvalue weighted by atomic mass is 9.96. The quantitative estimate of drug-likeness (QED) is 0.850. The Morgan fingerprint density at radius 3 is 2.79 bits per heavy atom. The fourth-order valence-corrected chi connectivity index (χ4v) is 3.14. The van der Waals surface area contributed by atoms with Crippen molar-refractivity contribution < 1.29 is 18.5 Å². The van der Waals surface area contributed by atoms with E-state index in [4.69, 9.17) is 4.52 Å². The molecule has 1 N–H and O–H groups in total. The molecule has 0 spiro atoms. The maximum atomic E-state index is 14.2. The maximum absolute atomic E-state index is 14.2. The Labute approximate surface area is 163 Å². The van der Waals surface area contributed by atoms with Crippen LogP contribution in [-0.2, 0) is 21.4 Å². The highest BCUT2D eigenvalue weighted by molar-refractivity contribution is 5.89. The van der Waals surface area contributed by atoms with Gasteiger partial charge in [0.05, 0.1) is 0 Å². The Hall–Kier alpha value is -2.77. The Morgan fingerprint density at radius 2 is 2.11 bits per heavy atom. The van der Waals surface area contributed by atoms with Crippen LogP contribution in [0.1, 0.15) is 56.9 Å². The lowest BCUT2D eigenvalue weighted by Crippen LogP contribution is -2.52. The van der Waals surface area contributed by atoms with Crippen LogP contribution < -0.4 is 5.32 Å². The molecule has 2 aromatic rings. The second-order valence-corrected chi connectivity index (χ2v) is 7.92. The number of benzene rings is 1. The molecule has 0 saturated carbocycles. The monoisotopic (exact) mass is 388 g/mol. The Kier molecular flexibility index (Phi) is 5.76. The fraction of sp³-hybridized carbons (Fsp3) is 0.500. The highest BCUT2D eigenvalue weighted by Gasteiger charge is 2.35. The van der Waals surface area contributed by atoms with Crippen molar-refractivity contribution in [1.82, 2.24) is 20.4 Å². The molecule has 0 bridgehead atoms. The van der Waals surface area contributed by atoms with Crippen LogP contribution in [0, 0.1) is 5.82 Å². The SMILES string of the molecule is CC(C)(C)c1noc(CCCC(=O)N2CCNC(=O)[C@@H]2c2ccccc2F)n1. The standard InChI is InChI=1S/C20H25FN4O3/c1-20(2,3)19-23-15(28-24-19)9-6-10-16(26)25-12-11-22-18(27)17(25)13-7-4-5-8-14(13)21/h4-5,7-8,17H,6,9-12H2,1-3H3,(H,22,27)/t17-/m0/s1. The van der Waals surface area contributed by atoms with Gasteiger partial charge in [-0.2, -0.15) is 4.98 Å². The number of nitrogens with one attached hydrogen (secondary N) is 1. The third-order valence-corrected chi connectivity index (χ3v) is 4.65. The number of hydrogen-bond acceptors (Lipinski definition) is 5. The van der Waals surface area contributed by atoms with E-state index in [1.54, 1.807) is 12.1 Å². The van der Waals surface area contributed by atoms with Crippen LogP contribution >= 0.6 is 0 Å². The molecule has 7 nitrogen and oxygen atoms in total. The number of aromatic nitrogens is 2. The highest BCUT2D eigenvalue weighted by Crippen LogP contribution is 2.26. The van der Waals surface area contributed by atoms with Crippen molar-refractivity contribution in [2.75, 3.05) is 13.1 Å². The van der Waals surface area contributed by atoms with E-state index < -0.39 is 11.9 Å². The van der Waals surface area contributed by atoms with Crippen molar-refractivity contribution in [2.45, 2.75) is 51.5 Å². The van der Waals surface area contributed by atoms with Crippen molar-refractivity contribution >= 4 is 11.8 Å². The van der Waals surface area contributed by atoms with Crippen LogP contribution in [0.4, 0.5) is 4.39 Å². The topological polar surface area (TPSA) is 88.3 Å². The molecule has 8 heteroatoms. The van der Waals surface area contributed by atoms with Crippen molar-refractivity contribution in [1.29, 1.82) is 0 Å². The number of amides is 2. The minimum absolute atomic E-state index is 0.196. The average Bonchev–Trinajstić information content (AvgIpc) is 3.11. The van der Waals surface area contributed by atoms with E-state index in [0.717, 1.165) is 0 Å². The minimum atomic E-state index is -0.946. The number of carbonyl (C=O) groups excluding carboxylic acids is 2. The first-order valence-electron chi connectivity index (χ1n) is 9.42.